The van der Waals surface area contributed by atoms with Crippen LogP contribution in [0.3, 0.4) is 0 Å². The summed E-state index contributed by atoms with van der Waals surface area (Å²) >= 11 is 6.08. The Morgan fingerprint density at radius 3 is 2.63 bits per heavy atom. The minimum Gasteiger partial charge on any atom is -0.507 e. The van der Waals surface area contributed by atoms with Crippen molar-refractivity contribution in [3.8, 4) is 11.8 Å². The van der Waals surface area contributed by atoms with Gasteiger partial charge >= 0.3 is 0 Å². The molecule has 0 fully saturated rings. The molecule has 3 rings (SSSR count). The van der Waals surface area contributed by atoms with Crippen LogP contribution in [0.2, 0.25) is 5.02 Å². The number of phenols is 1. The number of phenolic OH excluding ortho intramolecular Hbond substituents is 1. The van der Waals surface area contributed by atoms with Crippen LogP contribution in [0.25, 0.3) is 10.8 Å². The topological polar surface area (TPSA) is 85.2 Å². The second-order valence-corrected chi connectivity index (χ2v) is 6.32. The molecule has 3 aromatic rings. The number of nitrogens with one attached hydrogen (secondary N) is 2. The zero-order valence-electron chi connectivity index (χ0n) is 14.5. The van der Waals surface area contributed by atoms with Crippen molar-refractivity contribution in [1.29, 1.82) is 5.26 Å². The van der Waals surface area contributed by atoms with Gasteiger partial charge in [-0.1, -0.05) is 41.9 Å². The molecule has 6 heteroatoms. The van der Waals surface area contributed by atoms with Crippen molar-refractivity contribution in [3.63, 3.8) is 0 Å². The zero-order valence-corrected chi connectivity index (χ0v) is 15.2. The third-order valence-electron chi connectivity index (χ3n) is 4.07. The van der Waals surface area contributed by atoms with Crippen LogP contribution in [-0.2, 0) is 4.79 Å². The summed E-state index contributed by atoms with van der Waals surface area (Å²) in [5.41, 5.74) is 2.02. The first-order valence-electron chi connectivity index (χ1n) is 8.14. The number of nitriles is 1. The lowest BCUT2D eigenvalue weighted by atomic mass is 10.1. The minimum absolute atomic E-state index is 0.0937. The zero-order chi connectivity index (χ0) is 19.4. The average molecular weight is 378 g/mol. The smallest absolute Gasteiger partial charge is 0.267 e. The molecule has 5 nitrogen and oxygen atoms in total. The van der Waals surface area contributed by atoms with E-state index in [0.717, 1.165) is 5.56 Å². The molecule has 0 heterocycles. The van der Waals surface area contributed by atoms with Gasteiger partial charge in [-0.2, -0.15) is 5.26 Å². The van der Waals surface area contributed by atoms with Crippen LogP contribution in [0, 0.1) is 18.3 Å². The Morgan fingerprint density at radius 2 is 1.89 bits per heavy atom. The van der Waals surface area contributed by atoms with Gasteiger partial charge in [0.2, 0.25) is 0 Å². The van der Waals surface area contributed by atoms with Crippen LogP contribution in [0.4, 0.5) is 11.4 Å². The van der Waals surface area contributed by atoms with E-state index in [4.69, 9.17) is 11.6 Å². The van der Waals surface area contributed by atoms with E-state index in [-0.39, 0.29) is 11.3 Å². The minimum atomic E-state index is -0.556. The largest absolute Gasteiger partial charge is 0.507 e. The second-order valence-electron chi connectivity index (χ2n) is 5.91. The van der Waals surface area contributed by atoms with Gasteiger partial charge in [-0.3, -0.25) is 4.79 Å². The van der Waals surface area contributed by atoms with Crippen LogP contribution in [0.5, 0.6) is 5.75 Å². The molecular formula is C21H16ClN3O2. The molecule has 0 saturated heterocycles. The first kappa shape index (κ1) is 18.3. The van der Waals surface area contributed by atoms with E-state index in [0.29, 0.717) is 27.2 Å². The molecular weight excluding hydrogens is 362 g/mol. The first-order valence-corrected chi connectivity index (χ1v) is 8.52. The van der Waals surface area contributed by atoms with Crippen molar-refractivity contribution in [3.05, 3.63) is 77.0 Å². The number of rotatable bonds is 4. The fraction of sp³-hybridized carbons (Fsp3) is 0.0476. The van der Waals surface area contributed by atoms with E-state index in [1.165, 1.54) is 6.20 Å². The highest BCUT2D eigenvalue weighted by Gasteiger charge is 2.12. The lowest BCUT2D eigenvalue weighted by Gasteiger charge is -2.09. The Bertz CT molecular complexity index is 1100. The SMILES string of the molecule is Cc1ccc(N/C=C(/C#N)C(=O)Nc2cccc3c(O)cccc23)cc1Cl. The number of amides is 1. The van der Waals surface area contributed by atoms with Crippen LogP contribution >= 0.6 is 11.6 Å². The standard InChI is InChI=1S/C21H16ClN3O2/c1-13-8-9-15(10-18(13)22)24-12-14(11-23)21(27)25-19-6-2-5-17-16(19)4-3-7-20(17)26/h2-10,12,24,26H,1H3,(H,25,27)/b14-12-. The van der Waals surface area contributed by atoms with E-state index in [1.54, 1.807) is 48.5 Å². The molecule has 0 aliphatic heterocycles. The predicted molar refractivity (Wildman–Crippen MR) is 108 cm³/mol. The highest BCUT2D eigenvalue weighted by Crippen LogP contribution is 2.30. The van der Waals surface area contributed by atoms with Crippen molar-refractivity contribution < 1.29 is 9.90 Å². The molecule has 1 amide bonds. The summed E-state index contributed by atoms with van der Waals surface area (Å²) in [6, 6.07) is 17.5. The lowest BCUT2D eigenvalue weighted by Crippen LogP contribution is -2.14. The van der Waals surface area contributed by atoms with Gasteiger partial charge in [-0.15, -0.1) is 0 Å². The molecule has 0 radical (unpaired) electrons. The number of hydrogen-bond donors (Lipinski definition) is 3. The molecule has 27 heavy (non-hydrogen) atoms. The summed E-state index contributed by atoms with van der Waals surface area (Å²) in [5.74, 6) is -0.434. The fourth-order valence-electron chi connectivity index (χ4n) is 2.58. The number of aryl methyl sites for hydroxylation is 1. The summed E-state index contributed by atoms with van der Waals surface area (Å²) in [6.45, 7) is 1.89. The second kappa shape index (κ2) is 7.81. The molecule has 3 N–H and O–H groups in total. The Balaban J connectivity index is 1.83. The molecule has 3 aromatic carbocycles. The highest BCUT2D eigenvalue weighted by molar-refractivity contribution is 6.31. The normalized spacial score (nSPS) is 11.1. The number of aromatic hydroxyl groups is 1. The Kier molecular flexibility index (Phi) is 5.30. The number of nitrogens with zero attached hydrogens (tertiary/aromatic N) is 1. The Hall–Kier alpha value is -3.49. The van der Waals surface area contributed by atoms with Crippen molar-refractivity contribution in [2.75, 3.05) is 10.6 Å². The van der Waals surface area contributed by atoms with Crippen molar-refractivity contribution in [2.24, 2.45) is 0 Å². The highest BCUT2D eigenvalue weighted by atomic mass is 35.5. The fourth-order valence-corrected chi connectivity index (χ4v) is 2.76. The van der Waals surface area contributed by atoms with Gasteiger partial charge in [-0.05, 0) is 36.8 Å². The number of hydrogen-bond acceptors (Lipinski definition) is 4. The van der Waals surface area contributed by atoms with Gasteiger partial charge in [0.1, 0.15) is 17.4 Å². The van der Waals surface area contributed by atoms with Crippen LogP contribution < -0.4 is 10.6 Å². The van der Waals surface area contributed by atoms with Gasteiger partial charge in [0.15, 0.2) is 0 Å². The first-order chi connectivity index (χ1) is 13.0. The van der Waals surface area contributed by atoms with Crippen molar-refractivity contribution >= 4 is 39.7 Å². The molecule has 0 aromatic heterocycles. The van der Waals surface area contributed by atoms with Crippen LogP contribution in [0.1, 0.15) is 5.56 Å². The van der Waals surface area contributed by atoms with Gasteiger partial charge in [0, 0.05) is 33.4 Å². The van der Waals surface area contributed by atoms with Crippen LogP contribution in [-0.4, -0.2) is 11.0 Å². The summed E-state index contributed by atoms with van der Waals surface area (Å²) in [5, 5.41) is 26.8. The van der Waals surface area contributed by atoms with Gasteiger partial charge in [0.25, 0.3) is 5.91 Å². The van der Waals surface area contributed by atoms with Gasteiger partial charge < -0.3 is 15.7 Å². The Morgan fingerprint density at radius 1 is 1.15 bits per heavy atom. The molecule has 0 atom stereocenters. The van der Waals surface area contributed by atoms with E-state index >= 15 is 0 Å². The maximum Gasteiger partial charge on any atom is 0.267 e. The van der Waals surface area contributed by atoms with E-state index < -0.39 is 5.91 Å². The number of benzene rings is 3. The van der Waals surface area contributed by atoms with Gasteiger partial charge in [-0.25, -0.2) is 0 Å². The molecule has 0 bridgehead atoms. The molecule has 0 aliphatic rings. The molecule has 0 unspecified atom stereocenters. The third-order valence-corrected chi connectivity index (χ3v) is 4.47. The van der Waals surface area contributed by atoms with E-state index in [1.807, 2.05) is 19.1 Å². The summed E-state index contributed by atoms with van der Waals surface area (Å²) < 4.78 is 0. The Labute approximate surface area is 161 Å². The van der Waals surface area contributed by atoms with E-state index in [2.05, 4.69) is 10.6 Å². The lowest BCUT2D eigenvalue weighted by molar-refractivity contribution is -0.112. The van der Waals surface area contributed by atoms with E-state index in [9.17, 15) is 15.2 Å². The van der Waals surface area contributed by atoms with Crippen molar-refractivity contribution in [2.45, 2.75) is 6.92 Å². The third kappa shape index (κ3) is 4.02. The molecule has 0 saturated carbocycles. The monoisotopic (exact) mass is 377 g/mol. The van der Waals surface area contributed by atoms with Gasteiger partial charge in [0.05, 0.1) is 0 Å². The summed E-state index contributed by atoms with van der Waals surface area (Å²) in [6.07, 6.45) is 1.33. The number of carbonyl (C=O) groups excluding carboxylic acids is 1. The number of halogens is 1. The number of anilines is 2. The summed E-state index contributed by atoms with van der Waals surface area (Å²) in [4.78, 5) is 12.5. The predicted octanol–water partition coefficient (Wildman–Crippen LogP) is 4.97. The maximum atomic E-state index is 12.5. The summed E-state index contributed by atoms with van der Waals surface area (Å²) in [7, 11) is 0. The number of fused-ring (bicyclic) bond motifs is 1. The molecule has 0 aliphatic carbocycles. The number of carbonyl (C=O) groups is 1. The molecule has 0 spiro atoms. The maximum absolute atomic E-state index is 12.5. The molecule has 134 valence electrons. The van der Waals surface area contributed by atoms with Crippen molar-refractivity contribution in [1.82, 2.24) is 0 Å². The quantitative estimate of drug-likeness (QED) is 0.443. The average Bonchev–Trinajstić information content (AvgIpc) is 2.66. The van der Waals surface area contributed by atoms with Crippen LogP contribution in [0.15, 0.2) is 66.4 Å².